The third-order valence-electron chi connectivity index (χ3n) is 4.20. The van der Waals surface area contributed by atoms with Crippen LogP contribution in [0.3, 0.4) is 0 Å². The first-order valence-corrected chi connectivity index (χ1v) is 8.22. The van der Waals surface area contributed by atoms with E-state index in [-0.39, 0.29) is 0 Å². The third kappa shape index (κ3) is 2.21. The molecule has 0 radical (unpaired) electrons. The monoisotopic (exact) mass is 358 g/mol. The van der Waals surface area contributed by atoms with Crippen molar-refractivity contribution in [2.45, 2.75) is 19.2 Å². The van der Waals surface area contributed by atoms with Crippen LogP contribution in [-0.4, -0.2) is 16.2 Å². The third-order valence-corrected chi connectivity index (χ3v) is 4.73. The number of hydrogen-bond acceptors (Lipinski definition) is 2. The molecule has 0 amide bonds. The number of aromatic nitrogens is 2. The molecule has 2 heterocycles. The SMILES string of the molecule is OC(Cn1c2[n+](c3ccccc31)CCN2)c1ccc(Br)cc1. The summed E-state index contributed by atoms with van der Waals surface area (Å²) in [6.45, 7) is 2.45. The lowest BCUT2D eigenvalue weighted by atomic mass is 10.1. The molecule has 3 aromatic rings. The molecule has 0 aliphatic carbocycles. The standard InChI is InChI=1S/C17H16BrN3O/c18-13-7-5-12(6-8-13)16(22)11-21-15-4-2-1-3-14(15)20-10-9-19-17(20)21/h1-8,16,22H,9-11H2/p+1. The number of nitrogens with one attached hydrogen (secondary N) is 1. The molecule has 0 fully saturated rings. The number of imidazole rings is 1. The molecule has 2 aromatic carbocycles. The van der Waals surface area contributed by atoms with Crippen LogP contribution in [0.2, 0.25) is 0 Å². The van der Waals surface area contributed by atoms with Crippen molar-refractivity contribution < 1.29 is 9.67 Å². The lowest BCUT2D eigenvalue weighted by molar-refractivity contribution is -0.644. The van der Waals surface area contributed by atoms with Gasteiger partial charge in [-0.2, -0.15) is 0 Å². The predicted octanol–water partition coefficient (Wildman–Crippen LogP) is 2.85. The van der Waals surface area contributed by atoms with Gasteiger partial charge in [0.05, 0.1) is 6.54 Å². The Morgan fingerprint density at radius 2 is 1.95 bits per heavy atom. The second kappa shape index (κ2) is 5.41. The van der Waals surface area contributed by atoms with E-state index in [1.54, 1.807) is 0 Å². The number of rotatable bonds is 3. The molecule has 1 aliphatic heterocycles. The molecule has 0 spiro atoms. The van der Waals surface area contributed by atoms with E-state index in [1.807, 2.05) is 30.3 Å². The number of fused-ring (bicyclic) bond motifs is 3. The van der Waals surface area contributed by atoms with Gasteiger partial charge in [0.25, 0.3) is 0 Å². The van der Waals surface area contributed by atoms with E-state index >= 15 is 0 Å². The highest BCUT2D eigenvalue weighted by Gasteiger charge is 2.29. The lowest BCUT2D eigenvalue weighted by Crippen LogP contribution is -2.29. The first kappa shape index (κ1) is 13.8. The van der Waals surface area contributed by atoms with Crippen molar-refractivity contribution in [2.75, 3.05) is 11.9 Å². The average Bonchev–Trinajstić information content (AvgIpc) is 3.11. The van der Waals surface area contributed by atoms with E-state index in [1.165, 1.54) is 5.52 Å². The molecule has 112 valence electrons. The Balaban J connectivity index is 1.74. The zero-order chi connectivity index (χ0) is 15.1. The van der Waals surface area contributed by atoms with Crippen LogP contribution in [-0.2, 0) is 13.1 Å². The second-order valence-corrected chi connectivity index (χ2v) is 6.48. The number of aliphatic hydroxyl groups is 1. The van der Waals surface area contributed by atoms with Gasteiger partial charge in [-0.25, -0.2) is 9.13 Å². The Morgan fingerprint density at radius 1 is 1.18 bits per heavy atom. The highest BCUT2D eigenvalue weighted by molar-refractivity contribution is 9.10. The molecule has 0 bridgehead atoms. The highest BCUT2D eigenvalue weighted by atomic mass is 79.9. The van der Waals surface area contributed by atoms with Gasteiger partial charge in [0.1, 0.15) is 30.2 Å². The molecular weight excluding hydrogens is 342 g/mol. The van der Waals surface area contributed by atoms with Gasteiger partial charge in [-0.1, -0.05) is 40.2 Å². The number of aliphatic hydroxyl groups excluding tert-OH is 1. The molecule has 1 atom stereocenters. The largest absolute Gasteiger partial charge is 0.385 e. The fourth-order valence-electron chi connectivity index (χ4n) is 3.14. The zero-order valence-corrected chi connectivity index (χ0v) is 13.6. The smallest absolute Gasteiger partial charge is 0.358 e. The number of benzene rings is 2. The minimum Gasteiger partial charge on any atom is -0.385 e. The van der Waals surface area contributed by atoms with Gasteiger partial charge in [0, 0.05) is 4.47 Å². The molecule has 2 N–H and O–H groups in total. The Hall–Kier alpha value is -1.85. The highest BCUT2D eigenvalue weighted by Crippen LogP contribution is 2.25. The summed E-state index contributed by atoms with van der Waals surface area (Å²) >= 11 is 3.43. The second-order valence-electron chi connectivity index (χ2n) is 5.57. The molecule has 0 saturated carbocycles. The summed E-state index contributed by atoms with van der Waals surface area (Å²) in [5.41, 5.74) is 3.30. The van der Waals surface area contributed by atoms with Crippen molar-refractivity contribution in [3.63, 3.8) is 0 Å². The maximum absolute atomic E-state index is 10.6. The molecular formula is C17H17BrN3O+. The molecule has 1 aromatic heterocycles. The Kier molecular flexibility index (Phi) is 3.39. The lowest BCUT2D eigenvalue weighted by Gasteiger charge is -2.11. The van der Waals surface area contributed by atoms with Crippen LogP contribution < -0.4 is 9.88 Å². The van der Waals surface area contributed by atoms with E-state index in [0.29, 0.717) is 6.54 Å². The molecule has 5 heteroatoms. The van der Waals surface area contributed by atoms with Crippen LogP contribution in [0.5, 0.6) is 0 Å². The molecule has 4 rings (SSSR count). The van der Waals surface area contributed by atoms with E-state index < -0.39 is 6.10 Å². The van der Waals surface area contributed by atoms with Crippen molar-refractivity contribution >= 4 is 32.9 Å². The maximum Gasteiger partial charge on any atom is 0.358 e. The number of para-hydroxylation sites is 2. The van der Waals surface area contributed by atoms with Gasteiger partial charge in [-0.05, 0) is 29.8 Å². The average molecular weight is 359 g/mol. The number of halogens is 1. The van der Waals surface area contributed by atoms with E-state index in [4.69, 9.17) is 0 Å². The normalized spacial score (nSPS) is 14.8. The molecule has 1 unspecified atom stereocenters. The Labute approximate surface area is 137 Å². The van der Waals surface area contributed by atoms with Crippen LogP contribution in [0, 0.1) is 0 Å². The summed E-state index contributed by atoms with van der Waals surface area (Å²) in [6.07, 6.45) is -0.531. The summed E-state index contributed by atoms with van der Waals surface area (Å²) in [5, 5.41) is 14.0. The minimum absolute atomic E-state index is 0.531. The van der Waals surface area contributed by atoms with Crippen molar-refractivity contribution in [3.8, 4) is 0 Å². The van der Waals surface area contributed by atoms with Gasteiger partial charge in [0.2, 0.25) is 0 Å². The molecule has 1 aliphatic rings. The van der Waals surface area contributed by atoms with E-state index in [9.17, 15) is 5.11 Å². The van der Waals surface area contributed by atoms with Gasteiger partial charge < -0.3 is 5.11 Å². The van der Waals surface area contributed by atoms with E-state index in [0.717, 1.165) is 34.6 Å². The van der Waals surface area contributed by atoms with E-state index in [2.05, 4.69) is 48.6 Å². The summed E-state index contributed by atoms with van der Waals surface area (Å²) in [5.74, 6) is 1.08. The summed E-state index contributed by atoms with van der Waals surface area (Å²) in [6, 6.07) is 16.2. The van der Waals surface area contributed by atoms with Gasteiger partial charge in [0.15, 0.2) is 0 Å². The summed E-state index contributed by atoms with van der Waals surface area (Å²) < 4.78 is 5.48. The van der Waals surface area contributed by atoms with Gasteiger partial charge in [-0.15, -0.1) is 0 Å². The number of hydrogen-bond donors (Lipinski definition) is 2. The van der Waals surface area contributed by atoms with Crippen molar-refractivity contribution in [3.05, 3.63) is 58.6 Å². The predicted molar refractivity (Wildman–Crippen MR) is 89.7 cm³/mol. The van der Waals surface area contributed by atoms with Crippen molar-refractivity contribution in [1.29, 1.82) is 0 Å². The van der Waals surface area contributed by atoms with Gasteiger partial charge >= 0.3 is 5.95 Å². The van der Waals surface area contributed by atoms with Gasteiger partial charge in [-0.3, -0.25) is 5.32 Å². The number of anilines is 1. The summed E-state index contributed by atoms with van der Waals surface area (Å²) in [7, 11) is 0. The Bertz CT molecular complexity index is 826. The van der Waals surface area contributed by atoms with Crippen LogP contribution in [0.25, 0.3) is 11.0 Å². The van der Waals surface area contributed by atoms with Crippen LogP contribution >= 0.6 is 15.9 Å². The van der Waals surface area contributed by atoms with Crippen molar-refractivity contribution in [1.82, 2.24) is 4.57 Å². The van der Waals surface area contributed by atoms with Crippen LogP contribution in [0.1, 0.15) is 11.7 Å². The number of nitrogens with zero attached hydrogens (tertiary/aromatic N) is 2. The van der Waals surface area contributed by atoms with Crippen LogP contribution in [0.15, 0.2) is 53.0 Å². The molecule has 22 heavy (non-hydrogen) atoms. The zero-order valence-electron chi connectivity index (χ0n) is 12.0. The molecule has 0 saturated heterocycles. The molecule has 4 nitrogen and oxygen atoms in total. The maximum atomic E-state index is 10.6. The fraction of sp³-hybridized carbons (Fsp3) is 0.235. The van der Waals surface area contributed by atoms with Crippen molar-refractivity contribution in [2.24, 2.45) is 0 Å². The first-order chi connectivity index (χ1) is 10.7. The Morgan fingerprint density at radius 3 is 2.77 bits per heavy atom. The van der Waals surface area contributed by atoms with Crippen LogP contribution in [0.4, 0.5) is 5.95 Å². The summed E-state index contributed by atoms with van der Waals surface area (Å²) in [4.78, 5) is 0. The fourth-order valence-corrected chi connectivity index (χ4v) is 3.40. The quantitative estimate of drug-likeness (QED) is 0.706. The first-order valence-electron chi connectivity index (χ1n) is 7.42. The topological polar surface area (TPSA) is 41.1 Å². The minimum atomic E-state index is -0.531.